The van der Waals surface area contributed by atoms with E-state index in [9.17, 15) is 4.79 Å². The molecular weight excluding hydrogens is 238 g/mol. The van der Waals surface area contributed by atoms with Crippen molar-refractivity contribution < 1.29 is 9.53 Å². The molecule has 0 saturated carbocycles. The predicted molar refractivity (Wildman–Crippen MR) is 73.5 cm³/mol. The number of benzene rings is 1. The minimum Gasteiger partial charge on any atom is -0.460 e. The molecule has 2 aromatic rings. The maximum atomic E-state index is 12.1. The van der Waals surface area contributed by atoms with Crippen LogP contribution in [0, 0.1) is 0 Å². The van der Waals surface area contributed by atoms with Gasteiger partial charge in [-0.3, -0.25) is 9.78 Å². The lowest BCUT2D eigenvalue weighted by Gasteiger charge is -2.13. The fraction of sp³-hybridized carbons (Fsp3) is 0.250. The van der Waals surface area contributed by atoms with Crippen LogP contribution >= 0.6 is 0 Å². The second kappa shape index (κ2) is 6.69. The van der Waals surface area contributed by atoms with Crippen LogP contribution in [0.5, 0.6) is 0 Å². The summed E-state index contributed by atoms with van der Waals surface area (Å²) in [6.45, 7) is 2.27. The van der Waals surface area contributed by atoms with Gasteiger partial charge in [-0.25, -0.2) is 0 Å². The Morgan fingerprint density at radius 3 is 2.53 bits per heavy atom. The summed E-state index contributed by atoms with van der Waals surface area (Å²) in [6, 6.07) is 15.3. The fourth-order valence-corrected chi connectivity index (χ4v) is 1.91. The van der Waals surface area contributed by atoms with Gasteiger partial charge in [0.15, 0.2) is 0 Å². The van der Waals surface area contributed by atoms with E-state index in [0.29, 0.717) is 13.0 Å². The molecule has 0 N–H and O–H groups in total. The Hall–Kier alpha value is -2.16. The van der Waals surface area contributed by atoms with E-state index in [2.05, 4.69) is 4.98 Å². The topological polar surface area (TPSA) is 39.2 Å². The van der Waals surface area contributed by atoms with Gasteiger partial charge >= 0.3 is 5.97 Å². The molecule has 1 aromatic heterocycles. The molecule has 0 amide bonds. The molecule has 19 heavy (non-hydrogen) atoms. The van der Waals surface area contributed by atoms with Crippen LogP contribution in [0.1, 0.15) is 30.5 Å². The normalized spacial score (nSPS) is 11.8. The van der Waals surface area contributed by atoms with Crippen molar-refractivity contribution in [1.29, 1.82) is 0 Å². The number of nitrogens with zero attached hydrogens (tertiary/aromatic N) is 1. The molecule has 1 heterocycles. The van der Waals surface area contributed by atoms with Crippen LogP contribution in [0.4, 0.5) is 0 Å². The van der Waals surface area contributed by atoms with Crippen LogP contribution in [0.2, 0.25) is 0 Å². The average Bonchev–Trinajstić information content (AvgIpc) is 2.48. The van der Waals surface area contributed by atoms with E-state index in [1.54, 1.807) is 6.20 Å². The molecule has 0 fully saturated rings. The van der Waals surface area contributed by atoms with E-state index < -0.39 is 0 Å². The Balaban J connectivity index is 1.98. The number of hydrogen-bond donors (Lipinski definition) is 0. The smallest absolute Gasteiger partial charge is 0.315 e. The Morgan fingerprint density at radius 2 is 1.89 bits per heavy atom. The van der Waals surface area contributed by atoms with Crippen LogP contribution in [0.15, 0.2) is 54.7 Å². The lowest BCUT2D eigenvalue weighted by Crippen LogP contribution is -2.16. The Kier molecular flexibility index (Phi) is 4.67. The van der Waals surface area contributed by atoms with Crippen molar-refractivity contribution >= 4 is 5.97 Å². The maximum Gasteiger partial charge on any atom is 0.315 e. The second-order valence-corrected chi connectivity index (χ2v) is 4.31. The Morgan fingerprint density at radius 1 is 1.16 bits per heavy atom. The van der Waals surface area contributed by atoms with Crippen molar-refractivity contribution in [2.75, 3.05) is 0 Å². The van der Waals surface area contributed by atoms with Gasteiger partial charge in [-0.05, 0) is 24.1 Å². The summed E-state index contributed by atoms with van der Waals surface area (Å²) in [5.74, 6) is -0.505. The number of carbonyl (C=O) groups excluding carboxylic acids is 1. The van der Waals surface area contributed by atoms with Gasteiger partial charge in [-0.15, -0.1) is 0 Å². The zero-order valence-corrected chi connectivity index (χ0v) is 11.0. The van der Waals surface area contributed by atoms with Crippen molar-refractivity contribution in [2.24, 2.45) is 0 Å². The SMILES string of the molecule is CCC(C(=O)OCc1ccccc1)c1ccccn1. The van der Waals surface area contributed by atoms with Gasteiger partial charge < -0.3 is 4.74 Å². The molecule has 0 bridgehead atoms. The summed E-state index contributed by atoms with van der Waals surface area (Å²) in [4.78, 5) is 16.3. The van der Waals surface area contributed by atoms with Gasteiger partial charge in [-0.1, -0.05) is 43.3 Å². The quantitative estimate of drug-likeness (QED) is 0.769. The zero-order valence-electron chi connectivity index (χ0n) is 11.0. The van der Waals surface area contributed by atoms with E-state index in [0.717, 1.165) is 11.3 Å². The summed E-state index contributed by atoms with van der Waals surface area (Å²) in [5, 5.41) is 0. The first-order valence-electron chi connectivity index (χ1n) is 6.42. The lowest BCUT2D eigenvalue weighted by molar-refractivity contribution is -0.147. The third kappa shape index (κ3) is 3.65. The molecule has 1 aromatic carbocycles. The summed E-state index contributed by atoms with van der Waals surface area (Å²) in [7, 11) is 0. The third-order valence-corrected chi connectivity index (χ3v) is 2.96. The van der Waals surface area contributed by atoms with Gasteiger partial charge in [0.05, 0.1) is 11.6 Å². The highest BCUT2D eigenvalue weighted by atomic mass is 16.5. The zero-order chi connectivity index (χ0) is 13.5. The molecule has 0 aliphatic carbocycles. The molecule has 1 atom stereocenters. The Bertz CT molecular complexity index is 511. The average molecular weight is 255 g/mol. The highest BCUT2D eigenvalue weighted by Crippen LogP contribution is 2.19. The summed E-state index contributed by atoms with van der Waals surface area (Å²) >= 11 is 0. The van der Waals surface area contributed by atoms with Gasteiger partial charge in [0.25, 0.3) is 0 Å². The van der Waals surface area contributed by atoms with E-state index in [1.807, 2.05) is 55.5 Å². The number of rotatable bonds is 5. The predicted octanol–water partition coefficient (Wildman–Crippen LogP) is 3.32. The molecular formula is C16H17NO2. The van der Waals surface area contributed by atoms with E-state index >= 15 is 0 Å². The van der Waals surface area contributed by atoms with Gasteiger partial charge in [-0.2, -0.15) is 0 Å². The molecule has 0 spiro atoms. The first-order valence-corrected chi connectivity index (χ1v) is 6.42. The van der Waals surface area contributed by atoms with Crippen LogP contribution in [0.25, 0.3) is 0 Å². The van der Waals surface area contributed by atoms with Gasteiger partial charge in [0, 0.05) is 6.20 Å². The van der Waals surface area contributed by atoms with Gasteiger partial charge in [0.2, 0.25) is 0 Å². The molecule has 0 radical (unpaired) electrons. The number of ether oxygens (including phenoxy) is 1. The molecule has 3 heteroatoms. The standard InChI is InChI=1S/C16H17NO2/c1-2-14(15-10-6-7-11-17-15)16(18)19-12-13-8-4-3-5-9-13/h3-11,14H,2,12H2,1H3. The van der Waals surface area contributed by atoms with Crippen LogP contribution in [-0.2, 0) is 16.1 Å². The number of aromatic nitrogens is 1. The fourth-order valence-electron chi connectivity index (χ4n) is 1.91. The first-order chi connectivity index (χ1) is 9.31. The largest absolute Gasteiger partial charge is 0.460 e. The van der Waals surface area contributed by atoms with E-state index in [-0.39, 0.29) is 11.9 Å². The summed E-state index contributed by atoms with van der Waals surface area (Å²) in [6.07, 6.45) is 2.38. The highest BCUT2D eigenvalue weighted by Gasteiger charge is 2.21. The highest BCUT2D eigenvalue weighted by molar-refractivity contribution is 5.77. The first kappa shape index (κ1) is 13.3. The molecule has 3 nitrogen and oxygen atoms in total. The molecule has 0 saturated heterocycles. The van der Waals surface area contributed by atoms with Crippen LogP contribution < -0.4 is 0 Å². The molecule has 0 aliphatic heterocycles. The maximum absolute atomic E-state index is 12.1. The number of hydrogen-bond acceptors (Lipinski definition) is 3. The van der Waals surface area contributed by atoms with Crippen molar-refractivity contribution in [3.63, 3.8) is 0 Å². The minimum absolute atomic E-state index is 0.218. The van der Waals surface area contributed by atoms with Crippen LogP contribution in [0.3, 0.4) is 0 Å². The summed E-state index contributed by atoms with van der Waals surface area (Å²) in [5.41, 5.74) is 1.76. The summed E-state index contributed by atoms with van der Waals surface area (Å²) < 4.78 is 5.36. The third-order valence-electron chi connectivity index (χ3n) is 2.96. The van der Waals surface area contributed by atoms with E-state index in [1.165, 1.54) is 0 Å². The van der Waals surface area contributed by atoms with Crippen LogP contribution in [-0.4, -0.2) is 11.0 Å². The van der Waals surface area contributed by atoms with Crippen molar-refractivity contribution in [1.82, 2.24) is 4.98 Å². The molecule has 0 aliphatic rings. The monoisotopic (exact) mass is 255 g/mol. The van der Waals surface area contributed by atoms with Crippen molar-refractivity contribution in [3.8, 4) is 0 Å². The lowest BCUT2D eigenvalue weighted by atomic mass is 10.0. The molecule has 98 valence electrons. The molecule has 1 unspecified atom stereocenters. The Labute approximate surface area is 113 Å². The van der Waals surface area contributed by atoms with Crippen molar-refractivity contribution in [2.45, 2.75) is 25.9 Å². The number of esters is 1. The second-order valence-electron chi connectivity index (χ2n) is 4.31. The van der Waals surface area contributed by atoms with Gasteiger partial charge in [0.1, 0.15) is 6.61 Å². The van der Waals surface area contributed by atoms with Crippen molar-refractivity contribution in [3.05, 3.63) is 66.0 Å². The minimum atomic E-state index is -0.287. The molecule has 2 rings (SSSR count). The number of pyridine rings is 1. The van der Waals surface area contributed by atoms with E-state index in [4.69, 9.17) is 4.74 Å². The number of carbonyl (C=O) groups is 1.